The molecule has 0 saturated carbocycles. The van der Waals surface area contributed by atoms with E-state index < -0.39 is 0 Å². The van der Waals surface area contributed by atoms with Gasteiger partial charge in [0.2, 0.25) is 0 Å². The van der Waals surface area contributed by atoms with E-state index in [1.54, 1.807) is 11.3 Å². The normalized spacial score (nSPS) is 12.9. The van der Waals surface area contributed by atoms with Crippen LogP contribution in [0.25, 0.3) is 0 Å². The standard InChI is InChI=1S/C11H16INOS/c1-7(2)10(4-12)13-11(14)9-6-15-5-8(9)3/h5-7,10H,4H2,1-3H3,(H,13,14). The summed E-state index contributed by atoms with van der Waals surface area (Å²) in [4.78, 5) is 11.9. The Morgan fingerprint density at radius 1 is 1.53 bits per heavy atom. The number of amides is 1. The number of aryl methyl sites for hydroxylation is 1. The average molecular weight is 337 g/mol. The second-order valence-electron chi connectivity index (χ2n) is 3.95. The molecule has 1 amide bonds. The maximum absolute atomic E-state index is 11.9. The first-order valence-corrected chi connectivity index (χ1v) is 7.42. The fraction of sp³-hybridized carbons (Fsp3) is 0.545. The molecule has 2 nitrogen and oxygen atoms in total. The molecule has 0 aromatic carbocycles. The number of nitrogens with one attached hydrogen (secondary N) is 1. The number of rotatable bonds is 4. The van der Waals surface area contributed by atoms with Gasteiger partial charge in [0.1, 0.15) is 0 Å². The van der Waals surface area contributed by atoms with Crippen molar-refractivity contribution < 1.29 is 4.79 Å². The molecule has 0 aliphatic carbocycles. The highest BCUT2D eigenvalue weighted by Gasteiger charge is 2.17. The Morgan fingerprint density at radius 2 is 2.20 bits per heavy atom. The molecule has 0 aliphatic rings. The largest absolute Gasteiger partial charge is 0.348 e. The van der Waals surface area contributed by atoms with Gasteiger partial charge in [-0.3, -0.25) is 4.79 Å². The molecule has 0 saturated heterocycles. The zero-order valence-corrected chi connectivity index (χ0v) is 12.2. The third-order valence-electron chi connectivity index (χ3n) is 2.39. The molecular weight excluding hydrogens is 321 g/mol. The van der Waals surface area contributed by atoms with E-state index in [2.05, 4.69) is 41.8 Å². The molecule has 0 fully saturated rings. The number of halogens is 1. The topological polar surface area (TPSA) is 29.1 Å². The summed E-state index contributed by atoms with van der Waals surface area (Å²) in [6.07, 6.45) is 0. The first-order valence-electron chi connectivity index (χ1n) is 4.96. The van der Waals surface area contributed by atoms with Crippen LogP contribution in [-0.2, 0) is 0 Å². The smallest absolute Gasteiger partial charge is 0.252 e. The lowest BCUT2D eigenvalue weighted by Crippen LogP contribution is -2.39. The lowest BCUT2D eigenvalue weighted by Gasteiger charge is -2.19. The van der Waals surface area contributed by atoms with Gasteiger partial charge in [0.15, 0.2) is 0 Å². The molecule has 1 heterocycles. The van der Waals surface area contributed by atoms with Crippen molar-refractivity contribution in [3.05, 3.63) is 21.9 Å². The summed E-state index contributed by atoms with van der Waals surface area (Å²) < 4.78 is 0.949. The van der Waals surface area contributed by atoms with Crippen molar-refractivity contribution in [2.24, 2.45) is 5.92 Å². The van der Waals surface area contributed by atoms with E-state index in [4.69, 9.17) is 0 Å². The van der Waals surface area contributed by atoms with E-state index in [0.29, 0.717) is 5.92 Å². The highest BCUT2D eigenvalue weighted by molar-refractivity contribution is 14.1. The Labute approximate surface area is 109 Å². The van der Waals surface area contributed by atoms with Gasteiger partial charge in [-0.15, -0.1) is 0 Å². The van der Waals surface area contributed by atoms with Gasteiger partial charge in [-0.2, -0.15) is 11.3 Å². The summed E-state index contributed by atoms with van der Waals surface area (Å²) in [6.45, 7) is 6.23. The molecule has 1 rings (SSSR count). The Bertz CT molecular complexity index is 335. The number of alkyl halides is 1. The van der Waals surface area contributed by atoms with Crippen LogP contribution in [0.3, 0.4) is 0 Å². The first-order chi connectivity index (χ1) is 7.06. The van der Waals surface area contributed by atoms with Crippen molar-refractivity contribution in [2.75, 3.05) is 4.43 Å². The maximum Gasteiger partial charge on any atom is 0.252 e. The Kier molecular flexibility index (Phi) is 5.05. The van der Waals surface area contributed by atoms with Gasteiger partial charge in [-0.25, -0.2) is 0 Å². The summed E-state index contributed by atoms with van der Waals surface area (Å²) in [5.41, 5.74) is 1.88. The predicted octanol–water partition coefficient (Wildman–Crippen LogP) is 3.25. The van der Waals surface area contributed by atoms with Crippen LogP contribution in [0.4, 0.5) is 0 Å². The van der Waals surface area contributed by atoms with Crippen LogP contribution in [-0.4, -0.2) is 16.4 Å². The minimum atomic E-state index is 0.0594. The van der Waals surface area contributed by atoms with Crippen LogP contribution >= 0.6 is 33.9 Å². The van der Waals surface area contributed by atoms with Gasteiger partial charge < -0.3 is 5.32 Å². The number of hydrogen-bond acceptors (Lipinski definition) is 2. The number of carbonyl (C=O) groups excluding carboxylic acids is 1. The Morgan fingerprint density at radius 3 is 2.60 bits per heavy atom. The molecule has 15 heavy (non-hydrogen) atoms. The summed E-state index contributed by atoms with van der Waals surface area (Å²) in [5, 5.41) is 6.98. The zero-order valence-electron chi connectivity index (χ0n) is 9.21. The van der Waals surface area contributed by atoms with E-state index in [9.17, 15) is 4.79 Å². The average Bonchev–Trinajstić information content (AvgIpc) is 2.60. The van der Waals surface area contributed by atoms with Gasteiger partial charge in [0.25, 0.3) is 5.91 Å². The lowest BCUT2D eigenvalue weighted by molar-refractivity contribution is 0.0932. The quantitative estimate of drug-likeness (QED) is 0.663. The van der Waals surface area contributed by atoms with Gasteiger partial charge in [-0.05, 0) is 23.8 Å². The highest BCUT2D eigenvalue weighted by Crippen LogP contribution is 2.14. The molecule has 1 N–H and O–H groups in total. The summed E-state index contributed by atoms with van der Waals surface area (Å²) in [7, 11) is 0. The molecule has 0 radical (unpaired) electrons. The highest BCUT2D eigenvalue weighted by atomic mass is 127. The van der Waals surface area contributed by atoms with Crippen molar-refractivity contribution in [1.29, 1.82) is 0 Å². The fourth-order valence-corrected chi connectivity index (χ4v) is 3.29. The van der Waals surface area contributed by atoms with Crippen LogP contribution in [0.1, 0.15) is 29.8 Å². The third-order valence-corrected chi connectivity index (χ3v) is 4.20. The zero-order chi connectivity index (χ0) is 11.4. The fourth-order valence-electron chi connectivity index (χ4n) is 1.22. The summed E-state index contributed by atoms with van der Waals surface area (Å²) >= 11 is 3.89. The Balaban J connectivity index is 2.67. The number of hydrogen-bond donors (Lipinski definition) is 1. The maximum atomic E-state index is 11.9. The second kappa shape index (κ2) is 5.84. The lowest BCUT2D eigenvalue weighted by atomic mass is 10.1. The van der Waals surface area contributed by atoms with E-state index in [-0.39, 0.29) is 11.9 Å². The Hall–Kier alpha value is -0.100. The van der Waals surface area contributed by atoms with Crippen LogP contribution in [0, 0.1) is 12.8 Å². The molecule has 4 heteroatoms. The van der Waals surface area contributed by atoms with Crippen molar-refractivity contribution in [3.63, 3.8) is 0 Å². The van der Waals surface area contributed by atoms with Crippen molar-refractivity contribution in [2.45, 2.75) is 26.8 Å². The van der Waals surface area contributed by atoms with Gasteiger partial charge in [0, 0.05) is 15.8 Å². The van der Waals surface area contributed by atoms with Gasteiger partial charge in [-0.1, -0.05) is 36.4 Å². The van der Waals surface area contributed by atoms with Crippen molar-refractivity contribution in [3.8, 4) is 0 Å². The minimum absolute atomic E-state index is 0.0594. The SMILES string of the molecule is Cc1cscc1C(=O)NC(CI)C(C)C. The monoisotopic (exact) mass is 337 g/mol. The first kappa shape index (κ1) is 13.0. The van der Waals surface area contributed by atoms with Crippen LogP contribution in [0.2, 0.25) is 0 Å². The number of thiophene rings is 1. The molecule has 1 aromatic heterocycles. The van der Waals surface area contributed by atoms with E-state index >= 15 is 0 Å². The van der Waals surface area contributed by atoms with E-state index in [1.165, 1.54) is 0 Å². The molecule has 1 atom stereocenters. The third kappa shape index (κ3) is 3.45. The summed E-state index contributed by atoms with van der Waals surface area (Å²) in [5.74, 6) is 0.536. The molecule has 0 bridgehead atoms. The molecule has 0 spiro atoms. The second-order valence-corrected chi connectivity index (χ2v) is 5.57. The van der Waals surface area contributed by atoms with Crippen molar-refractivity contribution >= 4 is 39.8 Å². The van der Waals surface area contributed by atoms with Gasteiger partial charge in [0.05, 0.1) is 5.56 Å². The molecule has 0 aliphatic heterocycles. The van der Waals surface area contributed by atoms with E-state index in [1.807, 2.05) is 17.7 Å². The molecule has 1 unspecified atom stereocenters. The minimum Gasteiger partial charge on any atom is -0.348 e. The summed E-state index contributed by atoms with van der Waals surface area (Å²) in [6, 6.07) is 0.261. The van der Waals surface area contributed by atoms with E-state index in [0.717, 1.165) is 15.6 Å². The molecule has 84 valence electrons. The van der Waals surface area contributed by atoms with Crippen LogP contribution < -0.4 is 5.32 Å². The van der Waals surface area contributed by atoms with Crippen molar-refractivity contribution in [1.82, 2.24) is 5.32 Å². The molecule has 1 aromatic rings. The molecular formula is C11H16INOS. The number of carbonyl (C=O) groups is 1. The van der Waals surface area contributed by atoms with Gasteiger partial charge >= 0.3 is 0 Å². The van der Waals surface area contributed by atoms with Crippen LogP contribution in [0.15, 0.2) is 10.8 Å². The van der Waals surface area contributed by atoms with Crippen LogP contribution in [0.5, 0.6) is 0 Å². The predicted molar refractivity (Wildman–Crippen MR) is 74.0 cm³/mol.